The molecule has 2 N–H and O–H groups in total. The molecule has 0 radical (unpaired) electrons. The van der Waals surface area contributed by atoms with Crippen LogP contribution < -0.4 is 10.6 Å². The summed E-state index contributed by atoms with van der Waals surface area (Å²) in [4.78, 5) is 14.7. The summed E-state index contributed by atoms with van der Waals surface area (Å²) < 4.78 is 57.6. The number of nitrogens with one attached hydrogen (secondary N) is 2. The molecule has 204 valence electrons. The molecule has 0 aliphatic carbocycles. The summed E-state index contributed by atoms with van der Waals surface area (Å²) in [5.41, 5.74) is 1.03. The highest BCUT2D eigenvalue weighted by Crippen LogP contribution is 2.39. The fraction of sp³-hybridized carbons (Fsp3) is 0.464. The number of likely N-dealkylation sites (tertiary alicyclic amines) is 1. The number of rotatable bonds is 5. The van der Waals surface area contributed by atoms with Gasteiger partial charge in [0.25, 0.3) is 5.91 Å². The van der Waals surface area contributed by atoms with Crippen LogP contribution >= 0.6 is 11.3 Å². The third-order valence-corrected chi connectivity index (χ3v) is 7.75. The van der Waals surface area contributed by atoms with Crippen LogP contribution in [0.3, 0.4) is 0 Å². The van der Waals surface area contributed by atoms with Crippen molar-refractivity contribution in [2.75, 3.05) is 32.0 Å². The first-order valence-electron chi connectivity index (χ1n) is 12.5. The number of halogens is 4. The number of carbonyl (C=O) groups is 1. The van der Waals surface area contributed by atoms with Crippen molar-refractivity contribution in [2.24, 2.45) is 0 Å². The van der Waals surface area contributed by atoms with Gasteiger partial charge in [0.05, 0.1) is 39.8 Å². The van der Waals surface area contributed by atoms with Gasteiger partial charge >= 0.3 is 6.18 Å². The van der Waals surface area contributed by atoms with E-state index >= 15 is 0 Å². The van der Waals surface area contributed by atoms with Crippen LogP contribution in [-0.2, 0) is 12.0 Å². The first-order chi connectivity index (χ1) is 17.8. The van der Waals surface area contributed by atoms with Crippen LogP contribution in [-0.4, -0.2) is 60.4 Å². The van der Waals surface area contributed by atoms with Crippen LogP contribution in [0.15, 0.2) is 36.7 Å². The van der Waals surface area contributed by atoms with E-state index in [-0.39, 0.29) is 23.6 Å². The van der Waals surface area contributed by atoms with Crippen LogP contribution in [0.4, 0.5) is 23.2 Å². The Morgan fingerprint density at radius 2 is 1.97 bits per heavy atom. The molecule has 1 amide bonds. The molecule has 1 aliphatic rings. The molecular weight excluding hydrogens is 516 g/mol. The Kier molecular flexibility index (Phi) is 8.09. The third-order valence-electron chi connectivity index (χ3n) is 6.55. The van der Waals surface area contributed by atoms with Crippen molar-refractivity contribution in [3.8, 4) is 11.8 Å². The molecule has 1 aromatic carbocycles. The predicted molar refractivity (Wildman–Crippen MR) is 145 cm³/mol. The number of hydrogen-bond acceptors (Lipinski definition) is 4. The number of alkyl halides is 4. The normalized spacial score (nSPS) is 18.7. The van der Waals surface area contributed by atoms with Gasteiger partial charge in [-0.1, -0.05) is 24.0 Å². The number of carbonyl (C=O) groups excluding carboxylic acids is 1. The molecule has 0 saturated carbocycles. The third kappa shape index (κ3) is 6.69. The molecule has 4 rings (SSSR count). The largest absolute Gasteiger partial charge is 0.393 e. The number of thiophene rings is 1. The second-order valence-corrected chi connectivity index (χ2v) is 11.7. The summed E-state index contributed by atoms with van der Waals surface area (Å²) in [6.45, 7) is 7.10. The maximum absolute atomic E-state index is 14.6. The Labute approximate surface area is 224 Å². The van der Waals surface area contributed by atoms with Crippen molar-refractivity contribution >= 4 is 33.0 Å². The lowest BCUT2D eigenvalue weighted by Gasteiger charge is -2.33. The van der Waals surface area contributed by atoms with Gasteiger partial charge in [0.1, 0.15) is 6.17 Å². The minimum Gasteiger partial charge on any atom is -0.378 e. The van der Waals surface area contributed by atoms with Crippen LogP contribution in [0, 0.1) is 11.8 Å². The van der Waals surface area contributed by atoms with E-state index in [1.807, 2.05) is 43.5 Å². The van der Waals surface area contributed by atoms with Crippen LogP contribution in [0.1, 0.15) is 48.0 Å². The number of benzene rings is 1. The van der Waals surface area contributed by atoms with E-state index in [4.69, 9.17) is 0 Å². The number of piperidine rings is 1. The zero-order chi connectivity index (χ0) is 27.7. The van der Waals surface area contributed by atoms with E-state index in [1.54, 1.807) is 30.5 Å². The number of amides is 1. The Balaban J connectivity index is 1.55. The summed E-state index contributed by atoms with van der Waals surface area (Å²) in [5, 5.41) is 6.39. The standard InChI is InChI=1S/C28H32F4N4OS/c1-27(2,3)36-14-10-18(16-36)26(37)33-12-6-9-24-20(15-28(30,31)32)19-7-5-8-23(25(19)38-24)34-22-11-13-35(4)17-21(22)29/h5,7-8,10,14,16,21-22,34H,11-13,15,17H2,1-4H3,(H,33,37)/t21-,22?/m0/s1. The van der Waals surface area contributed by atoms with Gasteiger partial charge in [0, 0.05) is 31.0 Å². The SMILES string of the molecule is CN1CCC(Nc2cccc3c(CC(F)(F)F)c(C#CCNC(=O)c4ccn(C(C)(C)C)c4)sc23)[C@@H](F)C1. The Bertz CT molecular complexity index is 1360. The van der Waals surface area contributed by atoms with Crippen molar-refractivity contribution in [3.05, 3.63) is 52.7 Å². The molecule has 2 aromatic heterocycles. The smallest absolute Gasteiger partial charge is 0.378 e. The lowest BCUT2D eigenvalue weighted by atomic mass is 10.0. The summed E-state index contributed by atoms with van der Waals surface area (Å²) in [6, 6.07) is 6.39. The van der Waals surface area contributed by atoms with E-state index in [2.05, 4.69) is 22.5 Å². The van der Waals surface area contributed by atoms with Gasteiger partial charge in [-0.15, -0.1) is 11.3 Å². The van der Waals surface area contributed by atoms with Crippen LogP contribution in [0.5, 0.6) is 0 Å². The Morgan fingerprint density at radius 1 is 1.21 bits per heavy atom. The molecule has 0 spiro atoms. The molecule has 3 aromatic rings. The molecular formula is C28H32F4N4OS. The number of fused-ring (bicyclic) bond motifs is 1. The molecule has 5 nitrogen and oxygen atoms in total. The Morgan fingerprint density at radius 3 is 2.63 bits per heavy atom. The summed E-state index contributed by atoms with van der Waals surface area (Å²) >= 11 is 1.16. The summed E-state index contributed by atoms with van der Waals surface area (Å²) in [6.07, 6.45) is -2.45. The van der Waals surface area contributed by atoms with Crippen molar-refractivity contribution in [1.82, 2.24) is 14.8 Å². The molecule has 38 heavy (non-hydrogen) atoms. The van der Waals surface area contributed by atoms with E-state index in [9.17, 15) is 22.4 Å². The molecule has 2 atom stereocenters. The molecule has 1 saturated heterocycles. The highest BCUT2D eigenvalue weighted by Gasteiger charge is 2.32. The number of nitrogens with zero attached hydrogens (tertiary/aromatic N) is 2. The molecule has 1 aliphatic heterocycles. The fourth-order valence-electron chi connectivity index (χ4n) is 4.48. The predicted octanol–water partition coefficient (Wildman–Crippen LogP) is 5.80. The van der Waals surface area contributed by atoms with Crippen LogP contribution in [0.25, 0.3) is 10.1 Å². The van der Waals surface area contributed by atoms with E-state index < -0.39 is 24.8 Å². The lowest BCUT2D eigenvalue weighted by molar-refractivity contribution is -0.126. The molecule has 1 unspecified atom stereocenters. The van der Waals surface area contributed by atoms with Crippen molar-refractivity contribution in [3.63, 3.8) is 0 Å². The van der Waals surface area contributed by atoms with Crippen molar-refractivity contribution < 1.29 is 22.4 Å². The maximum atomic E-state index is 14.6. The summed E-state index contributed by atoms with van der Waals surface area (Å²) in [7, 11) is 1.86. The topological polar surface area (TPSA) is 49.3 Å². The lowest BCUT2D eigenvalue weighted by Crippen LogP contribution is -2.46. The second-order valence-electron chi connectivity index (χ2n) is 10.7. The zero-order valence-electron chi connectivity index (χ0n) is 21.9. The van der Waals surface area contributed by atoms with E-state index in [0.717, 1.165) is 17.9 Å². The average molecular weight is 549 g/mol. The maximum Gasteiger partial charge on any atom is 0.393 e. The minimum atomic E-state index is -4.42. The van der Waals surface area contributed by atoms with Gasteiger partial charge in [0.2, 0.25) is 0 Å². The monoisotopic (exact) mass is 548 g/mol. The molecule has 3 heterocycles. The van der Waals surface area contributed by atoms with Gasteiger partial charge in [-0.05, 0) is 57.3 Å². The average Bonchev–Trinajstić information content (AvgIpc) is 3.44. The van der Waals surface area contributed by atoms with Crippen molar-refractivity contribution in [2.45, 2.75) is 57.5 Å². The van der Waals surface area contributed by atoms with E-state index in [1.165, 1.54) is 0 Å². The van der Waals surface area contributed by atoms with Gasteiger partial charge in [-0.25, -0.2) is 4.39 Å². The number of anilines is 1. The highest BCUT2D eigenvalue weighted by atomic mass is 32.1. The van der Waals surface area contributed by atoms with E-state index in [0.29, 0.717) is 39.2 Å². The molecule has 0 bridgehead atoms. The van der Waals surface area contributed by atoms with Gasteiger partial charge < -0.3 is 20.1 Å². The number of hydrogen-bond donors (Lipinski definition) is 2. The highest BCUT2D eigenvalue weighted by molar-refractivity contribution is 7.20. The van der Waals surface area contributed by atoms with Gasteiger partial charge in [-0.2, -0.15) is 13.2 Å². The number of aromatic nitrogens is 1. The van der Waals surface area contributed by atoms with Gasteiger partial charge in [-0.3, -0.25) is 4.79 Å². The molecule has 10 heteroatoms. The Hall–Kier alpha value is -3.03. The fourth-order valence-corrected chi connectivity index (χ4v) is 5.65. The van der Waals surface area contributed by atoms with Crippen LogP contribution in [0.2, 0.25) is 0 Å². The minimum absolute atomic E-state index is 0.0105. The van der Waals surface area contributed by atoms with Crippen molar-refractivity contribution in [1.29, 1.82) is 0 Å². The second kappa shape index (κ2) is 11.0. The van der Waals surface area contributed by atoms with Gasteiger partial charge in [0.15, 0.2) is 0 Å². The first-order valence-corrected chi connectivity index (χ1v) is 13.3. The first kappa shape index (κ1) is 28.0. The summed E-state index contributed by atoms with van der Waals surface area (Å²) in [5.74, 6) is 5.35. The zero-order valence-corrected chi connectivity index (χ0v) is 22.7. The molecule has 1 fully saturated rings. The quantitative estimate of drug-likeness (QED) is 0.313.